The Balaban J connectivity index is 1.69. The summed E-state index contributed by atoms with van der Waals surface area (Å²) in [5.41, 5.74) is 1.15. The molecular formula is C17H20N2O3S. The van der Waals surface area contributed by atoms with Gasteiger partial charge in [-0.2, -0.15) is 0 Å². The van der Waals surface area contributed by atoms with Crippen LogP contribution < -0.4 is 10.0 Å². The van der Waals surface area contributed by atoms with Gasteiger partial charge in [0.15, 0.2) is 0 Å². The fourth-order valence-electron chi connectivity index (χ4n) is 2.06. The van der Waals surface area contributed by atoms with E-state index in [1.54, 1.807) is 18.2 Å². The second kappa shape index (κ2) is 8.45. The van der Waals surface area contributed by atoms with E-state index >= 15 is 0 Å². The number of carbonyl (C=O) groups is 1. The molecule has 0 spiro atoms. The summed E-state index contributed by atoms with van der Waals surface area (Å²) in [6, 6.07) is 18.0. The van der Waals surface area contributed by atoms with E-state index in [2.05, 4.69) is 10.0 Å². The zero-order valence-corrected chi connectivity index (χ0v) is 13.6. The lowest BCUT2D eigenvalue weighted by atomic mass is 10.1. The van der Waals surface area contributed by atoms with Crippen molar-refractivity contribution in [3.8, 4) is 0 Å². The lowest BCUT2D eigenvalue weighted by molar-refractivity contribution is -0.120. The minimum atomic E-state index is -3.55. The summed E-state index contributed by atoms with van der Waals surface area (Å²) in [6.45, 7) is 0.614. The highest BCUT2D eigenvalue weighted by Gasteiger charge is 2.13. The zero-order chi connectivity index (χ0) is 16.5. The van der Waals surface area contributed by atoms with Gasteiger partial charge in [0, 0.05) is 19.5 Å². The molecule has 23 heavy (non-hydrogen) atoms. The number of sulfonamides is 1. The van der Waals surface area contributed by atoms with Crippen molar-refractivity contribution in [2.24, 2.45) is 0 Å². The SMILES string of the molecule is O=C(CCNS(=O)(=O)c1ccccc1)NCCc1ccccc1. The molecule has 5 nitrogen and oxygen atoms in total. The Morgan fingerprint density at radius 2 is 1.48 bits per heavy atom. The number of carbonyl (C=O) groups excluding carboxylic acids is 1. The summed E-state index contributed by atoms with van der Waals surface area (Å²) in [7, 11) is -3.55. The largest absolute Gasteiger partial charge is 0.356 e. The Kier molecular flexibility index (Phi) is 6.31. The van der Waals surface area contributed by atoms with Gasteiger partial charge in [0.1, 0.15) is 0 Å². The molecule has 0 aliphatic heterocycles. The molecule has 0 saturated heterocycles. The minimum Gasteiger partial charge on any atom is -0.356 e. The Bertz CT molecular complexity index is 716. The highest BCUT2D eigenvalue weighted by Crippen LogP contribution is 2.06. The third-order valence-corrected chi connectivity index (χ3v) is 4.75. The van der Waals surface area contributed by atoms with Crippen molar-refractivity contribution >= 4 is 15.9 Å². The fraction of sp³-hybridized carbons (Fsp3) is 0.235. The summed E-state index contributed by atoms with van der Waals surface area (Å²) in [4.78, 5) is 11.9. The molecule has 0 heterocycles. The van der Waals surface area contributed by atoms with Crippen LogP contribution in [0.4, 0.5) is 0 Å². The van der Waals surface area contributed by atoms with Crippen LogP contribution in [-0.2, 0) is 21.2 Å². The average molecular weight is 332 g/mol. The Labute approximate surface area is 136 Å². The summed E-state index contributed by atoms with van der Waals surface area (Å²) < 4.78 is 26.4. The number of hydrogen-bond acceptors (Lipinski definition) is 3. The van der Waals surface area contributed by atoms with Gasteiger partial charge in [0.25, 0.3) is 0 Å². The smallest absolute Gasteiger partial charge is 0.240 e. The van der Waals surface area contributed by atoms with Gasteiger partial charge in [-0.05, 0) is 24.1 Å². The summed E-state index contributed by atoms with van der Waals surface area (Å²) in [5, 5.41) is 2.78. The van der Waals surface area contributed by atoms with Gasteiger partial charge in [-0.15, -0.1) is 0 Å². The lowest BCUT2D eigenvalue weighted by Crippen LogP contribution is -2.31. The van der Waals surface area contributed by atoms with E-state index in [0.29, 0.717) is 6.54 Å². The molecular weight excluding hydrogens is 312 g/mol. The Morgan fingerprint density at radius 3 is 2.13 bits per heavy atom. The maximum absolute atomic E-state index is 12.0. The number of benzene rings is 2. The highest BCUT2D eigenvalue weighted by atomic mass is 32.2. The van der Waals surface area contributed by atoms with E-state index in [1.807, 2.05) is 30.3 Å². The topological polar surface area (TPSA) is 75.3 Å². The van der Waals surface area contributed by atoms with Crippen LogP contribution in [0.25, 0.3) is 0 Å². The van der Waals surface area contributed by atoms with Crippen molar-refractivity contribution in [1.29, 1.82) is 0 Å². The minimum absolute atomic E-state index is 0.0778. The van der Waals surface area contributed by atoms with Crippen molar-refractivity contribution in [2.45, 2.75) is 17.7 Å². The summed E-state index contributed by atoms with van der Waals surface area (Å²) in [5.74, 6) is -0.170. The Hall–Kier alpha value is -2.18. The first kappa shape index (κ1) is 17.2. The third kappa shape index (κ3) is 5.84. The van der Waals surface area contributed by atoms with Crippen molar-refractivity contribution < 1.29 is 13.2 Å². The number of amides is 1. The molecule has 1 amide bonds. The molecule has 0 atom stereocenters. The lowest BCUT2D eigenvalue weighted by Gasteiger charge is -2.07. The first-order chi connectivity index (χ1) is 11.1. The first-order valence-corrected chi connectivity index (χ1v) is 8.91. The van der Waals surface area contributed by atoms with Gasteiger partial charge >= 0.3 is 0 Å². The predicted octanol–water partition coefficient (Wildman–Crippen LogP) is 1.71. The molecule has 2 N–H and O–H groups in total. The normalized spacial score (nSPS) is 11.1. The molecule has 0 radical (unpaired) electrons. The van der Waals surface area contributed by atoms with Gasteiger partial charge in [-0.25, -0.2) is 13.1 Å². The quantitative estimate of drug-likeness (QED) is 0.773. The van der Waals surface area contributed by atoms with Crippen molar-refractivity contribution in [1.82, 2.24) is 10.0 Å². The maximum Gasteiger partial charge on any atom is 0.240 e. The fourth-order valence-corrected chi connectivity index (χ4v) is 3.11. The van der Waals surface area contributed by atoms with Crippen LogP contribution in [0.3, 0.4) is 0 Å². The maximum atomic E-state index is 12.0. The molecule has 122 valence electrons. The van der Waals surface area contributed by atoms with Crippen LogP contribution in [0.15, 0.2) is 65.6 Å². The van der Waals surface area contributed by atoms with Crippen LogP contribution >= 0.6 is 0 Å². The second-order valence-corrected chi connectivity index (χ2v) is 6.81. The molecule has 0 aliphatic rings. The Morgan fingerprint density at radius 1 is 0.870 bits per heavy atom. The van der Waals surface area contributed by atoms with E-state index in [9.17, 15) is 13.2 Å². The zero-order valence-electron chi connectivity index (χ0n) is 12.7. The molecule has 0 saturated carbocycles. The molecule has 0 fully saturated rings. The van der Waals surface area contributed by atoms with E-state index in [0.717, 1.165) is 12.0 Å². The van der Waals surface area contributed by atoms with Gasteiger partial charge < -0.3 is 5.32 Å². The summed E-state index contributed by atoms with van der Waals surface area (Å²) in [6.07, 6.45) is 0.864. The van der Waals surface area contributed by atoms with E-state index in [-0.39, 0.29) is 23.8 Å². The molecule has 2 aromatic rings. The predicted molar refractivity (Wildman–Crippen MR) is 89.4 cm³/mol. The molecule has 2 aromatic carbocycles. The van der Waals surface area contributed by atoms with Gasteiger partial charge in [-0.3, -0.25) is 4.79 Å². The van der Waals surface area contributed by atoms with Crippen LogP contribution in [0.2, 0.25) is 0 Å². The van der Waals surface area contributed by atoms with Gasteiger partial charge in [0.05, 0.1) is 4.90 Å². The van der Waals surface area contributed by atoms with Crippen molar-refractivity contribution in [3.05, 3.63) is 66.2 Å². The van der Waals surface area contributed by atoms with Crippen LogP contribution in [0.5, 0.6) is 0 Å². The first-order valence-electron chi connectivity index (χ1n) is 7.43. The third-order valence-electron chi connectivity index (χ3n) is 3.28. The summed E-state index contributed by atoms with van der Waals surface area (Å²) >= 11 is 0. The number of nitrogens with one attached hydrogen (secondary N) is 2. The van der Waals surface area contributed by atoms with E-state index in [4.69, 9.17) is 0 Å². The van der Waals surface area contributed by atoms with Crippen molar-refractivity contribution in [2.75, 3.05) is 13.1 Å². The van der Waals surface area contributed by atoms with E-state index in [1.165, 1.54) is 12.1 Å². The molecule has 0 aliphatic carbocycles. The van der Waals surface area contributed by atoms with E-state index < -0.39 is 10.0 Å². The molecule has 2 rings (SSSR count). The highest BCUT2D eigenvalue weighted by molar-refractivity contribution is 7.89. The average Bonchev–Trinajstić information content (AvgIpc) is 2.56. The molecule has 6 heteroatoms. The number of rotatable bonds is 8. The van der Waals surface area contributed by atoms with Crippen LogP contribution in [-0.4, -0.2) is 27.4 Å². The van der Waals surface area contributed by atoms with Crippen LogP contribution in [0.1, 0.15) is 12.0 Å². The second-order valence-electron chi connectivity index (χ2n) is 5.05. The van der Waals surface area contributed by atoms with Gasteiger partial charge in [0.2, 0.25) is 15.9 Å². The van der Waals surface area contributed by atoms with Crippen LogP contribution in [0, 0.1) is 0 Å². The monoisotopic (exact) mass is 332 g/mol. The molecule has 0 bridgehead atoms. The standard InChI is InChI=1S/C17H20N2O3S/c20-17(18-13-11-15-7-3-1-4-8-15)12-14-19-23(21,22)16-9-5-2-6-10-16/h1-10,19H,11-14H2,(H,18,20). The van der Waals surface area contributed by atoms with Gasteiger partial charge in [-0.1, -0.05) is 48.5 Å². The molecule has 0 unspecified atom stereocenters. The van der Waals surface area contributed by atoms with Crippen molar-refractivity contribution in [3.63, 3.8) is 0 Å². The number of hydrogen-bond donors (Lipinski definition) is 2. The molecule has 0 aromatic heterocycles.